The maximum absolute atomic E-state index is 11.6. The number of nitrogens with zero attached hydrogens (tertiary/aromatic N) is 1. The minimum atomic E-state index is -0.253. The molecule has 0 N–H and O–H groups in total. The van der Waals surface area contributed by atoms with E-state index in [1.165, 1.54) is 0 Å². The average Bonchev–Trinajstić information content (AvgIpc) is 2.55. The van der Waals surface area contributed by atoms with E-state index in [0.29, 0.717) is 26.3 Å². The first-order valence-electron chi connectivity index (χ1n) is 7.80. The second kappa shape index (κ2) is 10.5. The van der Waals surface area contributed by atoms with Gasteiger partial charge in [-0.05, 0) is 26.0 Å². The van der Waals surface area contributed by atoms with Crippen molar-refractivity contribution in [1.29, 1.82) is 0 Å². The first-order valence-corrected chi connectivity index (χ1v) is 7.80. The van der Waals surface area contributed by atoms with Gasteiger partial charge in [-0.15, -0.1) is 0 Å². The Morgan fingerprint density at radius 2 is 1.57 bits per heavy atom. The monoisotopic (exact) mass is 323 g/mol. The highest BCUT2D eigenvalue weighted by Crippen LogP contribution is 2.21. The van der Waals surface area contributed by atoms with Gasteiger partial charge < -0.3 is 19.1 Å². The fraction of sp³-hybridized carbons (Fsp3) is 0.529. The van der Waals surface area contributed by atoms with Crippen LogP contribution in [-0.4, -0.2) is 45.4 Å². The number of anilines is 1. The third-order valence-electron chi connectivity index (χ3n) is 3.20. The van der Waals surface area contributed by atoms with Gasteiger partial charge in [-0.3, -0.25) is 9.59 Å². The molecule has 0 radical (unpaired) electrons. The normalized spacial score (nSPS) is 10.0. The van der Waals surface area contributed by atoms with Gasteiger partial charge in [0.25, 0.3) is 0 Å². The third kappa shape index (κ3) is 7.04. The molecule has 0 aromatic heterocycles. The minimum Gasteiger partial charge on any atom is -0.497 e. The Kier molecular flexibility index (Phi) is 8.57. The Morgan fingerprint density at radius 1 is 1.00 bits per heavy atom. The predicted molar refractivity (Wildman–Crippen MR) is 87.7 cm³/mol. The molecule has 1 aromatic carbocycles. The van der Waals surface area contributed by atoms with Crippen molar-refractivity contribution in [2.24, 2.45) is 0 Å². The second-order valence-electron chi connectivity index (χ2n) is 4.80. The Labute approximate surface area is 137 Å². The Balaban J connectivity index is 2.73. The van der Waals surface area contributed by atoms with E-state index in [0.717, 1.165) is 11.4 Å². The summed E-state index contributed by atoms with van der Waals surface area (Å²) in [5.74, 6) is 0.216. The number of benzene rings is 1. The number of rotatable bonds is 10. The minimum absolute atomic E-state index is 0.253. The molecule has 0 saturated heterocycles. The smallest absolute Gasteiger partial charge is 0.307 e. The zero-order chi connectivity index (χ0) is 17.1. The van der Waals surface area contributed by atoms with Crippen molar-refractivity contribution in [3.8, 4) is 5.75 Å². The second-order valence-corrected chi connectivity index (χ2v) is 4.80. The van der Waals surface area contributed by atoms with Crippen molar-refractivity contribution in [2.75, 3.05) is 38.3 Å². The molecular formula is C17H25NO5. The number of carbonyl (C=O) groups is 2. The molecule has 0 saturated carbocycles. The molecule has 6 heteroatoms. The summed E-state index contributed by atoms with van der Waals surface area (Å²) in [5, 5.41) is 0. The van der Waals surface area contributed by atoms with Crippen molar-refractivity contribution >= 4 is 17.6 Å². The predicted octanol–water partition coefficient (Wildman–Crippen LogP) is 2.41. The molecular weight excluding hydrogens is 298 g/mol. The van der Waals surface area contributed by atoms with Gasteiger partial charge in [0.1, 0.15) is 5.75 Å². The fourth-order valence-electron chi connectivity index (χ4n) is 2.10. The standard InChI is InChI=1S/C17H25NO5/c1-4-22-16(19)9-11-18(12-10-17(20)23-5-2)14-7-6-8-15(13-14)21-3/h6-8,13H,4-5,9-12H2,1-3H3. The summed E-state index contributed by atoms with van der Waals surface area (Å²) >= 11 is 0. The Bertz CT molecular complexity index is 482. The van der Waals surface area contributed by atoms with E-state index in [-0.39, 0.29) is 24.8 Å². The SMILES string of the molecule is CCOC(=O)CCN(CCC(=O)OCC)c1cccc(OC)c1. The van der Waals surface area contributed by atoms with Crippen molar-refractivity contribution in [1.82, 2.24) is 0 Å². The number of hydrogen-bond donors (Lipinski definition) is 0. The fourth-order valence-corrected chi connectivity index (χ4v) is 2.10. The van der Waals surface area contributed by atoms with Gasteiger partial charge in [0.15, 0.2) is 0 Å². The summed E-state index contributed by atoms with van der Waals surface area (Å²) in [6.45, 7) is 5.20. The number of esters is 2. The first-order chi connectivity index (χ1) is 11.1. The van der Waals surface area contributed by atoms with E-state index in [2.05, 4.69) is 0 Å². The molecule has 0 aliphatic carbocycles. The highest BCUT2D eigenvalue weighted by molar-refractivity contribution is 5.71. The summed E-state index contributed by atoms with van der Waals surface area (Å²) in [5.41, 5.74) is 0.887. The van der Waals surface area contributed by atoms with E-state index in [1.54, 1.807) is 21.0 Å². The van der Waals surface area contributed by atoms with E-state index in [9.17, 15) is 9.59 Å². The summed E-state index contributed by atoms with van der Waals surface area (Å²) in [4.78, 5) is 25.1. The molecule has 0 atom stereocenters. The highest BCUT2D eigenvalue weighted by atomic mass is 16.5. The molecule has 0 heterocycles. The number of methoxy groups -OCH3 is 1. The van der Waals surface area contributed by atoms with E-state index < -0.39 is 0 Å². The first kappa shape index (κ1) is 18.8. The molecule has 0 aliphatic heterocycles. The van der Waals surface area contributed by atoms with Crippen LogP contribution in [0.25, 0.3) is 0 Å². The summed E-state index contributed by atoms with van der Waals surface area (Å²) in [7, 11) is 1.60. The number of carbonyl (C=O) groups excluding carboxylic acids is 2. The van der Waals surface area contributed by atoms with Crippen LogP contribution < -0.4 is 9.64 Å². The van der Waals surface area contributed by atoms with Gasteiger partial charge in [-0.2, -0.15) is 0 Å². The van der Waals surface area contributed by atoms with Crippen LogP contribution in [-0.2, 0) is 19.1 Å². The molecule has 23 heavy (non-hydrogen) atoms. The lowest BCUT2D eigenvalue weighted by atomic mass is 10.2. The van der Waals surface area contributed by atoms with Gasteiger partial charge in [0.2, 0.25) is 0 Å². The summed E-state index contributed by atoms with van der Waals surface area (Å²) in [6.07, 6.45) is 0.516. The molecule has 0 aliphatic rings. The molecule has 1 rings (SSSR count). The molecule has 0 fully saturated rings. The van der Waals surface area contributed by atoms with Crippen molar-refractivity contribution in [2.45, 2.75) is 26.7 Å². The van der Waals surface area contributed by atoms with E-state index in [4.69, 9.17) is 14.2 Å². The van der Waals surface area contributed by atoms with Crippen molar-refractivity contribution in [3.05, 3.63) is 24.3 Å². The molecule has 128 valence electrons. The lowest BCUT2D eigenvalue weighted by molar-refractivity contribution is -0.143. The van der Waals surface area contributed by atoms with Gasteiger partial charge in [-0.25, -0.2) is 0 Å². The zero-order valence-electron chi connectivity index (χ0n) is 14.0. The third-order valence-corrected chi connectivity index (χ3v) is 3.20. The summed E-state index contributed by atoms with van der Waals surface area (Å²) in [6, 6.07) is 7.50. The number of ether oxygens (including phenoxy) is 3. The lowest BCUT2D eigenvalue weighted by Gasteiger charge is -2.24. The van der Waals surface area contributed by atoms with Crippen LogP contribution in [0.5, 0.6) is 5.75 Å². The van der Waals surface area contributed by atoms with Crippen LogP contribution >= 0.6 is 0 Å². The van der Waals surface area contributed by atoms with Gasteiger partial charge >= 0.3 is 11.9 Å². The van der Waals surface area contributed by atoms with Gasteiger partial charge in [-0.1, -0.05) is 6.07 Å². The van der Waals surface area contributed by atoms with Crippen LogP contribution in [0.4, 0.5) is 5.69 Å². The van der Waals surface area contributed by atoms with Crippen LogP contribution in [0.2, 0.25) is 0 Å². The topological polar surface area (TPSA) is 65.1 Å². The summed E-state index contributed by atoms with van der Waals surface area (Å²) < 4.78 is 15.1. The van der Waals surface area contributed by atoms with Gasteiger partial charge in [0, 0.05) is 24.8 Å². The molecule has 0 bridgehead atoms. The quantitative estimate of drug-likeness (QED) is 0.616. The van der Waals surface area contributed by atoms with Gasteiger partial charge in [0.05, 0.1) is 33.2 Å². The molecule has 0 unspecified atom stereocenters. The zero-order valence-corrected chi connectivity index (χ0v) is 14.0. The molecule has 0 amide bonds. The van der Waals surface area contributed by atoms with Crippen LogP contribution in [0, 0.1) is 0 Å². The molecule has 0 spiro atoms. The lowest BCUT2D eigenvalue weighted by Crippen LogP contribution is -2.29. The van der Waals surface area contributed by atoms with E-state index in [1.807, 2.05) is 29.2 Å². The van der Waals surface area contributed by atoms with Crippen molar-refractivity contribution < 1.29 is 23.8 Å². The van der Waals surface area contributed by atoms with Crippen LogP contribution in [0.1, 0.15) is 26.7 Å². The Hall–Kier alpha value is -2.24. The Morgan fingerprint density at radius 3 is 2.04 bits per heavy atom. The maximum Gasteiger partial charge on any atom is 0.307 e. The van der Waals surface area contributed by atoms with Crippen LogP contribution in [0.3, 0.4) is 0 Å². The average molecular weight is 323 g/mol. The van der Waals surface area contributed by atoms with Crippen LogP contribution in [0.15, 0.2) is 24.3 Å². The highest BCUT2D eigenvalue weighted by Gasteiger charge is 2.13. The largest absolute Gasteiger partial charge is 0.497 e. The molecule has 6 nitrogen and oxygen atoms in total. The van der Waals surface area contributed by atoms with Crippen molar-refractivity contribution in [3.63, 3.8) is 0 Å². The molecule has 1 aromatic rings. The van der Waals surface area contributed by atoms with E-state index >= 15 is 0 Å². The number of hydrogen-bond acceptors (Lipinski definition) is 6. The maximum atomic E-state index is 11.6.